The first-order valence-corrected chi connectivity index (χ1v) is 15.1. The Labute approximate surface area is 251 Å². The van der Waals surface area contributed by atoms with E-state index in [0.717, 1.165) is 9.87 Å². The van der Waals surface area contributed by atoms with Gasteiger partial charge in [0, 0.05) is 17.1 Å². The molecule has 1 N–H and O–H groups in total. The molecule has 3 aromatic carbocycles. The molecular weight excluding hydrogens is 593 g/mol. The van der Waals surface area contributed by atoms with Crippen LogP contribution in [-0.2, 0) is 26.2 Å². The van der Waals surface area contributed by atoms with E-state index in [1.165, 1.54) is 29.2 Å². The van der Waals surface area contributed by atoms with Crippen LogP contribution in [0.3, 0.4) is 0 Å². The zero-order chi connectivity index (χ0) is 29.8. The van der Waals surface area contributed by atoms with E-state index in [1.54, 1.807) is 49.4 Å². The summed E-state index contributed by atoms with van der Waals surface area (Å²) in [5.74, 6) is -0.978. The van der Waals surface area contributed by atoms with E-state index in [2.05, 4.69) is 5.32 Å². The summed E-state index contributed by atoms with van der Waals surface area (Å²) in [7, 11) is -4.17. The van der Waals surface area contributed by atoms with Gasteiger partial charge >= 0.3 is 0 Å². The fourth-order valence-corrected chi connectivity index (χ4v) is 5.73. The predicted octanol–water partition coefficient (Wildman–Crippen LogP) is 6.48. The molecule has 0 saturated heterocycles. The van der Waals surface area contributed by atoms with Gasteiger partial charge in [-0.2, -0.15) is 0 Å². The number of sulfonamides is 1. The fourth-order valence-electron chi connectivity index (χ4n) is 3.86. The number of amides is 2. The molecule has 0 spiro atoms. The molecule has 11 heteroatoms. The maximum Gasteiger partial charge on any atom is 0.264 e. The Bertz CT molecular complexity index is 1470. The highest BCUT2D eigenvalue weighted by Gasteiger charge is 2.33. The van der Waals surface area contributed by atoms with Gasteiger partial charge in [-0.15, -0.1) is 0 Å². The van der Waals surface area contributed by atoms with Gasteiger partial charge in [-0.1, -0.05) is 58.6 Å². The number of aryl methyl sites for hydroxylation is 1. The number of hydrogen-bond acceptors (Lipinski definition) is 4. The van der Waals surface area contributed by atoms with Crippen LogP contribution in [0, 0.1) is 6.92 Å². The van der Waals surface area contributed by atoms with Gasteiger partial charge in [0.25, 0.3) is 10.0 Å². The molecule has 0 fully saturated rings. The highest BCUT2D eigenvalue weighted by Crippen LogP contribution is 2.27. The summed E-state index contributed by atoms with van der Waals surface area (Å²) in [6.45, 7) is 8.37. The van der Waals surface area contributed by atoms with Crippen LogP contribution in [0.5, 0.6) is 0 Å². The van der Waals surface area contributed by atoms with Gasteiger partial charge < -0.3 is 10.2 Å². The van der Waals surface area contributed by atoms with Gasteiger partial charge in [0.1, 0.15) is 12.6 Å². The van der Waals surface area contributed by atoms with Crippen molar-refractivity contribution in [3.05, 3.63) is 92.9 Å². The third-order valence-electron chi connectivity index (χ3n) is 6.00. The molecule has 0 aliphatic heterocycles. The lowest BCUT2D eigenvalue weighted by atomic mass is 10.1. The second kappa shape index (κ2) is 12.8. The van der Waals surface area contributed by atoms with E-state index in [9.17, 15) is 18.0 Å². The first-order valence-electron chi connectivity index (χ1n) is 12.5. The Balaban J connectivity index is 2.04. The molecule has 40 heavy (non-hydrogen) atoms. The van der Waals surface area contributed by atoms with Crippen LogP contribution in [0.25, 0.3) is 0 Å². The minimum absolute atomic E-state index is 0.00646. The van der Waals surface area contributed by atoms with Crippen molar-refractivity contribution < 1.29 is 18.0 Å². The molecule has 0 unspecified atom stereocenters. The predicted molar refractivity (Wildman–Crippen MR) is 162 cm³/mol. The molecule has 0 aliphatic rings. The number of carbonyl (C=O) groups is 2. The maximum atomic E-state index is 13.9. The van der Waals surface area contributed by atoms with Crippen molar-refractivity contribution in [3.8, 4) is 0 Å². The SMILES string of the molecule is Cc1ccc(S(=O)(=O)N(CC(=O)N(Cc2ccc(Cl)c(Cl)c2)[C@@H](C)C(=O)NC(C)(C)C)c2ccc(Cl)cc2)cc1. The first kappa shape index (κ1) is 31.7. The largest absolute Gasteiger partial charge is 0.350 e. The lowest BCUT2D eigenvalue weighted by Gasteiger charge is -2.33. The van der Waals surface area contributed by atoms with Crippen LogP contribution in [0.1, 0.15) is 38.8 Å². The molecule has 0 radical (unpaired) electrons. The van der Waals surface area contributed by atoms with Crippen molar-refractivity contribution in [1.29, 1.82) is 0 Å². The number of nitrogens with one attached hydrogen (secondary N) is 1. The number of carbonyl (C=O) groups excluding carboxylic acids is 2. The van der Waals surface area contributed by atoms with Crippen LogP contribution >= 0.6 is 34.8 Å². The Morgan fingerprint density at radius 1 is 0.900 bits per heavy atom. The Morgan fingerprint density at radius 3 is 2.05 bits per heavy atom. The number of anilines is 1. The molecule has 0 bridgehead atoms. The van der Waals surface area contributed by atoms with Crippen LogP contribution < -0.4 is 9.62 Å². The van der Waals surface area contributed by atoms with Gasteiger partial charge in [0.05, 0.1) is 20.6 Å². The highest BCUT2D eigenvalue weighted by atomic mass is 35.5. The fraction of sp³-hybridized carbons (Fsp3) is 0.310. The molecule has 0 aromatic heterocycles. The zero-order valence-electron chi connectivity index (χ0n) is 22.9. The summed E-state index contributed by atoms with van der Waals surface area (Å²) in [5, 5.41) is 3.94. The molecule has 7 nitrogen and oxygen atoms in total. The number of benzene rings is 3. The van der Waals surface area contributed by atoms with Crippen molar-refractivity contribution >= 4 is 62.3 Å². The Morgan fingerprint density at radius 2 is 1.50 bits per heavy atom. The minimum Gasteiger partial charge on any atom is -0.350 e. The van der Waals surface area contributed by atoms with Gasteiger partial charge in [-0.05, 0) is 88.7 Å². The average Bonchev–Trinajstić information content (AvgIpc) is 2.87. The van der Waals surface area contributed by atoms with E-state index < -0.39 is 34.1 Å². The second-order valence-corrected chi connectivity index (χ2v) is 13.6. The van der Waals surface area contributed by atoms with Crippen molar-refractivity contribution in [1.82, 2.24) is 10.2 Å². The highest BCUT2D eigenvalue weighted by molar-refractivity contribution is 7.92. The number of hydrogen-bond donors (Lipinski definition) is 1. The Kier molecular flexibility index (Phi) is 10.2. The Hall–Kier alpha value is -2.78. The van der Waals surface area contributed by atoms with Gasteiger partial charge in [0.15, 0.2) is 0 Å². The number of rotatable bonds is 9. The van der Waals surface area contributed by atoms with E-state index in [4.69, 9.17) is 34.8 Å². The summed E-state index contributed by atoms with van der Waals surface area (Å²) in [5.41, 5.74) is 1.21. The number of halogens is 3. The topological polar surface area (TPSA) is 86.8 Å². The standard InChI is InChI=1S/C29H32Cl3N3O4S/c1-19-6-13-24(14-7-19)40(38,39)35(23-11-9-22(30)10-12-23)18-27(36)34(20(2)28(37)33-29(3,4)5)17-21-8-15-25(31)26(32)16-21/h6-16,20H,17-18H2,1-5H3,(H,33,37)/t20-/m0/s1. The third kappa shape index (κ3) is 8.13. The summed E-state index contributed by atoms with van der Waals surface area (Å²) >= 11 is 18.3. The van der Waals surface area contributed by atoms with E-state index >= 15 is 0 Å². The van der Waals surface area contributed by atoms with Gasteiger partial charge in [0.2, 0.25) is 11.8 Å². The summed E-state index contributed by atoms with van der Waals surface area (Å²) < 4.78 is 28.7. The van der Waals surface area contributed by atoms with E-state index in [-0.39, 0.29) is 23.0 Å². The summed E-state index contributed by atoms with van der Waals surface area (Å²) in [6, 6.07) is 16.5. The maximum absolute atomic E-state index is 13.9. The molecule has 0 aliphatic carbocycles. The summed E-state index contributed by atoms with van der Waals surface area (Å²) in [6.07, 6.45) is 0. The van der Waals surface area contributed by atoms with Crippen molar-refractivity contribution in [2.75, 3.05) is 10.8 Å². The lowest BCUT2D eigenvalue weighted by molar-refractivity contribution is -0.140. The van der Waals surface area contributed by atoms with Gasteiger partial charge in [-0.3, -0.25) is 13.9 Å². The normalized spacial score (nSPS) is 12.5. The molecule has 2 amide bonds. The van der Waals surface area contributed by atoms with Crippen LogP contribution in [0.15, 0.2) is 71.6 Å². The zero-order valence-corrected chi connectivity index (χ0v) is 26.0. The summed E-state index contributed by atoms with van der Waals surface area (Å²) in [4.78, 5) is 28.5. The van der Waals surface area contributed by atoms with Gasteiger partial charge in [-0.25, -0.2) is 8.42 Å². The minimum atomic E-state index is -4.17. The van der Waals surface area contributed by atoms with Crippen molar-refractivity contribution in [2.24, 2.45) is 0 Å². The third-order valence-corrected chi connectivity index (χ3v) is 8.78. The van der Waals surface area contributed by atoms with Crippen molar-refractivity contribution in [2.45, 2.75) is 57.6 Å². The van der Waals surface area contributed by atoms with Crippen LogP contribution in [0.2, 0.25) is 15.1 Å². The molecular formula is C29H32Cl3N3O4S. The molecule has 3 rings (SSSR count). The first-order chi connectivity index (χ1) is 18.6. The molecule has 0 heterocycles. The average molecular weight is 625 g/mol. The van der Waals surface area contributed by atoms with Crippen molar-refractivity contribution in [3.63, 3.8) is 0 Å². The molecule has 0 saturated carbocycles. The quantitative estimate of drug-likeness (QED) is 0.295. The number of nitrogens with zero attached hydrogens (tertiary/aromatic N) is 2. The van der Waals surface area contributed by atoms with Crippen LogP contribution in [-0.4, -0.2) is 43.3 Å². The lowest BCUT2D eigenvalue weighted by Crippen LogP contribution is -2.54. The monoisotopic (exact) mass is 623 g/mol. The molecule has 214 valence electrons. The molecule has 3 aromatic rings. The smallest absolute Gasteiger partial charge is 0.264 e. The second-order valence-electron chi connectivity index (χ2n) is 10.5. The molecule has 1 atom stereocenters. The van der Waals surface area contributed by atoms with Crippen LogP contribution in [0.4, 0.5) is 5.69 Å². The van der Waals surface area contributed by atoms with E-state index in [0.29, 0.717) is 20.6 Å². The van der Waals surface area contributed by atoms with E-state index in [1.807, 2.05) is 27.7 Å².